The van der Waals surface area contributed by atoms with Crippen LogP contribution in [0.15, 0.2) is 66.1 Å². The molecule has 0 unspecified atom stereocenters. The van der Waals surface area contributed by atoms with Gasteiger partial charge in [-0.1, -0.05) is 36.4 Å². The highest BCUT2D eigenvalue weighted by Gasteiger charge is 2.25. The summed E-state index contributed by atoms with van der Waals surface area (Å²) in [6, 6.07) is 14.2. The van der Waals surface area contributed by atoms with Crippen molar-refractivity contribution < 1.29 is 17.9 Å². The van der Waals surface area contributed by atoms with Crippen LogP contribution in [-0.4, -0.2) is 32.5 Å². The Morgan fingerprint density at radius 2 is 1.75 bits per heavy atom. The molecular weight excluding hydrogens is 326 g/mol. The highest BCUT2D eigenvalue weighted by Crippen LogP contribution is 2.33. The van der Waals surface area contributed by atoms with Gasteiger partial charge in [-0.3, -0.25) is 0 Å². The Hall–Kier alpha value is -2.31. The predicted octanol–water partition coefficient (Wildman–Crippen LogP) is 2.83. The molecular formula is C18H19NO4S. The van der Waals surface area contributed by atoms with E-state index < -0.39 is 10.0 Å². The maximum Gasteiger partial charge on any atom is 0.243 e. The van der Waals surface area contributed by atoms with Gasteiger partial charge in [0, 0.05) is 19.2 Å². The Morgan fingerprint density at radius 3 is 2.46 bits per heavy atom. The fraction of sp³-hybridized carbons (Fsp3) is 0.222. The van der Waals surface area contributed by atoms with Crippen molar-refractivity contribution in [3.8, 4) is 11.5 Å². The molecule has 5 nitrogen and oxygen atoms in total. The zero-order valence-electron chi connectivity index (χ0n) is 13.2. The largest absolute Gasteiger partial charge is 0.486 e. The van der Waals surface area contributed by atoms with Crippen LogP contribution in [0.5, 0.6) is 11.5 Å². The monoisotopic (exact) mass is 345 g/mol. The molecule has 0 saturated heterocycles. The molecule has 24 heavy (non-hydrogen) atoms. The van der Waals surface area contributed by atoms with Crippen LogP contribution in [-0.2, 0) is 16.6 Å². The SMILES string of the molecule is C=CCN(Cc1ccccc1)S(=O)(=O)c1ccc2c(c1)OCCO2. The second-order valence-corrected chi connectivity index (χ2v) is 7.32. The minimum Gasteiger partial charge on any atom is -0.486 e. The molecule has 1 heterocycles. The number of hydrogen-bond acceptors (Lipinski definition) is 4. The summed E-state index contributed by atoms with van der Waals surface area (Å²) in [6.45, 7) is 5.06. The van der Waals surface area contributed by atoms with E-state index in [0.717, 1.165) is 5.56 Å². The third-order valence-corrected chi connectivity index (χ3v) is 5.49. The molecule has 0 bridgehead atoms. The van der Waals surface area contributed by atoms with Crippen LogP contribution in [0.1, 0.15) is 5.56 Å². The van der Waals surface area contributed by atoms with Gasteiger partial charge in [0.1, 0.15) is 13.2 Å². The molecule has 2 aromatic rings. The van der Waals surface area contributed by atoms with Crippen LogP contribution < -0.4 is 9.47 Å². The minimum absolute atomic E-state index is 0.185. The Morgan fingerprint density at radius 1 is 1.04 bits per heavy atom. The molecule has 0 N–H and O–H groups in total. The van der Waals surface area contributed by atoms with Gasteiger partial charge >= 0.3 is 0 Å². The van der Waals surface area contributed by atoms with Crippen LogP contribution >= 0.6 is 0 Å². The van der Waals surface area contributed by atoms with E-state index in [1.807, 2.05) is 30.3 Å². The third-order valence-electron chi connectivity index (χ3n) is 3.69. The molecule has 0 aliphatic carbocycles. The lowest BCUT2D eigenvalue weighted by atomic mass is 10.2. The fourth-order valence-electron chi connectivity index (χ4n) is 2.51. The first-order chi connectivity index (χ1) is 11.6. The van der Waals surface area contributed by atoms with Crippen molar-refractivity contribution >= 4 is 10.0 Å². The maximum absolute atomic E-state index is 13.0. The smallest absolute Gasteiger partial charge is 0.243 e. The van der Waals surface area contributed by atoms with Crippen molar-refractivity contribution in [2.75, 3.05) is 19.8 Å². The summed E-state index contributed by atoms with van der Waals surface area (Å²) in [4.78, 5) is 0.185. The van der Waals surface area contributed by atoms with E-state index in [-0.39, 0.29) is 18.0 Å². The summed E-state index contributed by atoms with van der Waals surface area (Å²) in [7, 11) is -3.67. The van der Waals surface area contributed by atoms with Crippen molar-refractivity contribution in [2.45, 2.75) is 11.4 Å². The Labute approximate surface area is 142 Å². The molecule has 0 aromatic heterocycles. The van der Waals surface area contributed by atoms with E-state index >= 15 is 0 Å². The van der Waals surface area contributed by atoms with Crippen LogP contribution in [0.4, 0.5) is 0 Å². The van der Waals surface area contributed by atoms with Gasteiger partial charge in [-0.05, 0) is 17.7 Å². The average Bonchev–Trinajstić information content (AvgIpc) is 2.62. The van der Waals surface area contributed by atoms with Crippen molar-refractivity contribution in [1.29, 1.82) is 0 Å². The van der Waals surface area contributed by atoms with Gasteiger partial charge in [0.25, 0.3) is 0 Å². The molecule has 1 aliphatic heterocycles. The van der Waals surface area contributed by atoms with E-state index in [9.17, 15) is 8.42 Å². The normalized spacial score (nSPS) is 13.7. The van der Waals surface area contributed by atoms with Gasteiger partial charge in [-0.2, -0.15) is 4.31 Å². The maximum atomic E-state index is 13.0. The molecule has 2 aromatic carbocycles. The lowest BCUT2D eigenvalue weighted by molar-refractivity contribution is 0.171. The molecule has 0 amide bonds. The summed E-state index contributed by atoms with van der Waals surface area (Å²) in [6.07, 6.45) is 1.58. The van der Waals surface area contributed by atoms with Crippen LogP contribution in [0.3, 0.4) is 0 Å². The van der Waals surface area contributed by atoms with Crippen molar-refractivity contribution in [1.82, 2.24) is 4.31 Å². The van der Waals surface area contributed by atoms with Crippen molar-refractivity contribution in [3.05, 3.63) is 66.7 Å². The highest BCUT2D eigenvalue weighted by molar-refractivity contribution is 7.89. The van der Waals surface area contributed by atoms with Gasteiger partial charge in [-0.25, -0.2) is 8.42 Å². The molecule has 0 fully saturated rings. The van der Waals surface area contributed by atoms with Gasteiger partial charge in [-0.15, -0.1) is 6.58 Å². The first-order valence-electron chi connectivity index (χ1n) is 7.66. The first kappa shape index (κ1) is 16.5. The molecule has 0 radical (unpaired) electrons. The van der Waals surface area contributed by atoms with Crippen LogP contribution in [0, 0.1) is 0 Å². The molecule has 1 aliphatic rings. The summed E-state index contributed by atoms with van der Waals surface area (Å²) in [5.41, 5.74) is 0.917. The number of rotatable bonds is 6. The molecule has 3 rings (SSSR count). The molecule has 0 saturated carbocycles. The minimum atomic E-state index is -3.67. The summed E-state index contributed by atoms with van der Waals surface area (Å²) >= 11 is 0. The van der Waals surface area contributed by atoms with E-state index in [2.05, 4.69) is 6.58 Å². The second kappa shape index (κ2) is 7.07. The fourth-order valence-corrected chi connectivity index (χ4v) is 3.93. The summed E-state index contributed by atoms with van der Waals surface area (Å²) < 4.78 is 38.3. The number of hydrogen-bond donors (Lipinski definition) is 0. The van der Waals surface area contributed by atoms with Crippen molar-refractivity contribution in [3.63, 3.8) is 0 Å². The van der Waals surface area contributed by atoms with Crippen molar-refractivity contribution in [2.24, 2.45) is 0 Å². The lowest BCUT2D eigenvalue weighted by Crippen LogP contribution is -2.31. The number of ether oxygens (including phenoxy) is 2. The van der Waals surface area contributed by atoms with E-state index in [1.165, 1.54) is 10.4 Å². The van der Waals surface area contributed by atoms with Crippen LogP contribution in [0.2, 0.25) is 0 Å². The zero-order valence-corrected chi connectivity index (χ0v) is 14.0. The van der Waals surface area contributed by atoms with Gasteiger partial charge in [0.15, 0.2) is 11.5 Å². The zero-order chi connectivity index (χ0) is 17.0. The Bertz CT molecular complexity index is 818. The number of benzene rings is 2. The quantitative estimate of drug-likeness (QED) is 0.756. The Balaban J connectivity index is 1.92. The predicted molar refractivity (Wildman–Crippen MR) is 91.7 cm³/mol. The molecule has 0 atom stereocenters. The van der Waals surface area contributed by atoms with Gasteiger partial charge < -0.3 is 9.47 Å². The van der Waals surface area contributed by atoms with Gasteiger partial charge in [0.2, 0.25) is 10.0 Å². The van der Waals surface area contributed by atoms with Crippen LogP contribution in [0.25, 0.3) is 0 Å². The third kappa shape index (κ3) is 3.44. The number of nitrogens with zero attached hydrogens (tertiary/aromatic N) is 1. The van der Waals surface area contributed by atoms with E-state index in [4.69, 9.17) is 9.47 Å². The summed E-state index contributed by atoms with van der Waals surface area (Å²) in [5.74, 6) is 1.03. The van der Waals surface area contributed by atoms with E-state index in [1.54, 1.807) is 18.2 Å². The lowest BCUT2D eigenvalue weighted by Gasteiger charge is -2.23. The molecule has 126 valence electrons. The average molecular weight is 345 g/mol. The highest BCUT2D eigenvalue weighted by atomic mass is 32.2. The molecule has 0 spiro atoms. The van der Waals surface area contributed by atoms with E-state index in [0.29, 0.717) is 24.7 Å². The molecule has 6 heteroatoms. The number of fused-ring (bicyclic) bond motifs is 1. The Kier molecular flexibility index (Phi) is 4.87. The first-order valence-corrected chi connectivity index (χ1v) is 9.10. The summed E-state index contributed by atoms with van der Waals surface area (Å²) in [5, 5.41) is 0. The number of sulfonamides is 1. The van der Waals surface area contributed by atoms with Gasteiger partial charge in [0.05, 0.1) is 4.90 Å². The second-order valence-electron chi connectivity index (χ2n) is 5.38. The topological polar surface area (TPSA) is 55.8 Å². The standard InChI is InChI=1S/C18H19NO4S/c1-2-10-19(14-15-6-4-3-5-7-15)24(20,21)16-8-9-17-18(13-16)23-12-11-22-17/h2-9,13H,1,10-12,14H2.